The van der Waals surface area contributed by atoms with Gasteiger partial charge in [0.2, 0.25) is 0 Å². The van der Waals surface area contributed by atoms with Crippen LogP contribution in [0.1, 0.15) is 22.3 Å². The smallest absolute Gasteiger partial charge is 0.201 e. The standard InChI is InChI=1S/C35H12Br2F8N2/c36-15-3-7-19-20-8-4-16(37)12-24(20)35(23(19)11-15)21-9-13(25-27(38)31(42)46-32(43)28(25)39)1-5-17(21)18-6-2-14(10-22(18)35)26-29(40)33(44)47-34(45)30(26)41/h1-12H. The molecule has 0 amide bonds. The number of benzene rings is 4. The minimum absolute atomic E-state index is 0.207. The summed E-state index contributed by atoms with van der Waals surface area (Å²) < 4.78 is 119. The van der Waals surface area contributed by atoms with Crippen LogP contribution in [0.2, 0.25) is 0 Å². The normalized spacial score (nSPS) is 13.5. The molecular formula is C35H12Br2F8N2. The summed E-state index contributed by atoms with van der Waals surface area (Å²) in [7, 11) is 0. The van der Waals surface area contributed by atoms with Crippen molar-refractivity contribution in [1.29, 1.82) is 0 Å². The van der Waals surface area contributed by atoms with Crippen LogP contribution in [0.25, 0.3) is 44.5 Å². The van der Waals surface area contributed by atoms with E-state index in [4.69, 9.17) is 0 Å². The van der Waals surface area contributed by atoms with Crippen LogP contribution >= 0.6 is 31.9 Å². The molecule has 2 aliphatic carbocycles. The molecule has 2 aromatic heterocycles. The lowest BCUT2D eigenvalue weighted by atomic mass is 9.70. The van der Waals surface area contributed by atoms with Gasteiger partial charge in [-0.25, -0.2) is 17.6 Å². The molecule has 2 nitrogen and oxygen atoms in total. The first-order valence-electron chi connectivity index (χ1n) is 13.7. The van der Waals surface area contributed by atoms with E-state index < -0.39 is 63.6 Å². The van der Waals surface area contributed by atoms with Gasteiger partial charge in [0.05, 0.1) is 16.5 Å². The fraction of sp³-hybridized carbons (Fsp3) is 0.0286. The molecule has 8 rings (SSSR count). The Labute approximate surface area is 277 Å². The van der Waals surface area contributed by atoms with Crippen molar-refractivity contribution in [3.05, 3.63) is 151 Å². The van der Waals surface area contributed by atoms with Crippen LogP contribution in [-0.4, -0.2) is 9.97 Å². The highest BCUT2D eigenvalue weighted by Gasteiger charge is 2.52. The number of halogens is 10. The number of nitrogens with zero attached hydrogens (tertiary/aromatic N) is 2. The SMILES string of the molecule is Fc1nc(F)c(F)c(-c2ccc3c(c2)C2(c4cc(Br)ccc4-c4ccc(Br)cc42)c2cc(-c4c(F)c(F)nc(F)c4F)ccc2-3)c1F. The van der Waals surface area contributed by atoms with E-state index in [-0.39, 0.29) is 11.1 Å². The fourth-order valence-electron chi connectivity index (χ4n) is 6.96. The Kier molecular flexibility index (Phi) is 6.56. The first-order valence-corrected chi connectivity index (χ1v) is 15.3. The van der Waals surface area contributed by atoms with Gasteiger partial charge in [0.25, 0.3) is 23.8 Å². The van der Waals surface area contributed by atoms with Crippen molar-refractivity contribution < 1.29 is 35.1 Å². The van der Waals surface area contributed by atoms with E-state index in [1.807, 2.05) is 36.4 Å². The minimum Gasteiger partial charge on any atom is -0.201 e. The molecule has 47 heavy (non-hydrogen) atoms. The summed E-state index contributed by atoms with van der Waals surface area (Å²) >= 11 is 7.04. The van der Waals surface area contributed by atoms with E-state index in [2.05, 4.69) is 41.8 Å². The van der Waals surface area contributed by atoms with Gasteiger partial charge in [-0.2, -0.15) is 27.5 Å². The van der Waals surface area contributed by atoms with Gasteiger partial charge in [0.1, 0.15) is 0 Å². The van der Waals surface area contributed by atoms with Crippen molar-refractivity contribution in [2.75, 3.05) is 0 Å². The Hall–Kier alpha value is -4.42. The minimum atomic E-state index is -1.83. The van der Waals surface area contributed by atoms with Crippen molar-refractivity contribution in [2.45, 2.75) is 5.41 Å². The number of hydrogen-bond donors (Lipinski definition) is 0. The summed E-state index contributed by atoms with van der Waals surface area (Å²) in [5.41, 5.74) is 0.972. The van der Waals surface area contributed by atoms with Crippen LogP contribution in [0.3, 0.4) is 0 Å². The van der Waals surface area contributed by atoms with E-state index >= 15 is 17.6 Å². The maximum atomic E-state index is 15.1. The summed E-state index contributed by atoms with van der Waals surface area (Å²) in [6, 6.07) is 19.4. The monoisotopic (exact) mass is 770 g/mol. The molecular weight excluding hydrogens is 760 g/mol. The van der Waals surface area contributed by atoms with Gasteiger partial charge in [-0.3, -0.25) is 0 Å². The van der Waals surface area contributed by atoms with Gasteiger partial charge < -0.3 is 0 Å². The summed E-state index contributed by atoms with van der Waals surface area (Å²) in [5.74, 6) is -14.1. The molecule has 0 bridgehead atoms. The third-order valence-corrected chi connectivity index (χ3v) is 9.76. The quantitative estimate of drug-likeness (QED) is 0.129. The number of pyridine rings is 2. The summed E-state index contributed by atoms with van der Waals surface area (Å²) in [4.78, 5) is 5.33. The molecule has 2 aliphatic rings. The average Bonchev–Trinajstić information content (AvgIpc) is 3.48. The summed E-state index contributed by atoms with van der Waals surface area (Å²) in [6.45, 7) is 0. The molecule has 4 aromatic carbocycles. The second kappa shape index (κ2) is 10.3. The molecule has 232 valence electrons. The second-order valence-corrected chi connectivity index (χ2v) is 12.9. The Balaban J connectivity index is 1.52. The van der Waals surface area contributed by atoms with E-state index in [1.54, 1.807) is 0 Å². The lowest BCUT2D eigenvalue weighted by Gasteiger charge is -2.31. The highest BCUT2D eigenvalue weighted by atomic mass is 79.9. The zero-order chi connectivity index (χ0) is 33.1. The predicted octanol–water partition coefficient (Wildman–Crippen LogP) is 10.8. The number of aromatic nitrogens is 2. The van der Waals surface area contributed by atoms with Crippen molar-refractivity contribution in [1.82, 2.24) is 9.97 Å². The maximum absolute atomic E-state index is 15.1. The first-order chi connectivity index (χ1) is 22.4. The summed E-state index contributed by atoms with van der Waals surface area (Å²) in [5, 5.41) is 0. The molecule has 0 unspecified atom stereocenters. The predicted molar refractivity (Wildman–Crippen MR) is 164 cm³/mol. The molecule has 6 aromatic rings. The highest BCUT2D eigenvalue weighted by Crippen LogP contribution is 2.64. The van der Waals surface area contributed by atoms with Gasteiger partial charge in [0.15, 0.2) is 23.3 Å². The van der Waals surface area contributed by atoms with Crippen LogP contribution in [0.5, 0.6) is 0 Å². The van der Waals surface area contributed by atoms with Crippen LogP contribution in [0, 0.1) is 47.1 Å². The lowest BCUT2D eigenvalue weighted by molar-refractivity contribution is 0.410. The average molecular weight is 772 g/mol. The highest BCUT2D eigenvalue weighted by molar-refractivity contribution is 9.10. The van der Waals surface area contributed by atoms with Gasteiger partial charge >= 0.3 is 0 Å². The molecule has 2 heterocycles. The van der Waals surface area contributed by atoms with Crippen molar-refractivity contribution in [3.8, 4) is 44.5 Å². The first kappa shape index (κ1) is 29.9. The molecule has 1 spiro atoms. The molecule has 12 heteroatoms. The Morgan fingerprint density at radius 3 is 1.04 bits per heavy atom. The molecule has 0 aliphatic heterocycles. The van der Waals surface area contributed by atoms with Crippen LogP contribution in [0.15, 0.2) is 81.7 Å². The van der Waals surface area contributed by atoms with E-state index in [0.29, 0.717) is 42.3 Å². The van der Waals surface area contributed by atoms with Gasteiger partial charge in [0, 0.05) is 8.95 Å². The molecule has 0 atom stereocenters. The Morgan fingerprint density at radius 1 is 0.404 bits per heavy atom. The fourth-order valence-corrected chi connectivity index (χ4v) is 7.69. The van der Waals surface area contributed by atoms with Crippen LogP contribution < -0.4 is 0 Å². The molecule has 0 N–H and O–H groups in total. The lowest BCUT2D eigenvalue weighted by Crippen LogP contribution is -2.26. The third-order valence-electron chi connectivity index (χ3n) is 8.77. The van der Waals surface area contributed by atoms with Gasteiger partial charge in [-0.05, 0) is 92.0 Å². The summed E-state index contributed by atoms with van der Waals surface area (Å²) in [6.07, 6.45) is 0. The third kappa shape index (κ3) is 4.00. The second-order valence-electron chi connectivity index (χ2n) is 11.0. The van der Waals surface area contributed by atoms with E-state index in [0.717, 1.165) is 11.1 Å². The number of rotatable bonds is 2. The molecule has 0 saturated heterocycles. The van der Waals surface area contributed by atoms with Gasteiger partial charge in [-0.1, -0.05) is 68.3 Å². The topological polar surface area (TPSA) is 25.8 Å². The van der Waals surface area contributed by atoms with E-state index in [9.17, 15) is 17.6 Å². The van der Waals surface area contributed by atoms with Crippen LogP contribution in [-0.2, 0) is 5.41 Å². The zero-order valence-corrected chi connectivity index (χ0v) is 26.3. The zero-order valence-electron chi connectivity index (χ0n) is 23.1. The van der Waals surface area contributed by atoms with E-state index in [1.165, 1.54) is 36.4 Å². The number of fused-ring (bicyclic) bond motifs is 10. The van der Waals surface area contributed by atoms with Crippen molar-refractivity contribution in [3.63, 3.8) is 0 Å². The number of hydrogen-bond acceptors (Lipinski definition) is 2. The van der Waals surface area contributed by atoms with Gasteiger partial charge in [-0.15, -0.1) is 0 Å². The van der Waals surface area contributed by atoms with Crippen molar-refractivity contribution >= 4 is 31.9 Å². The molecule has 0 fully saturated rings. The molecule has 0 radical (unpaired) electrons. The Bertz CT molecular complexity index is 2180. The van der Waals surface area contributed by atoms with Crippen molar-refractivity contribution in [2.24, 2.45) is 0 Å². The largest absolute Gasteiger partial charge is 0.252 e. The van der Waals surface area contributed by atoms with Crippen LogP contribution in [0.4, 0.5) is 35.1 Å². The molecule has 0 saturated carbocycles. The maximum Gasteiger partial charge on any atom is 0.252 e. The Morgan fingerprint density at radius 2 is 0.702 bits per heavy atom.